The van der Waals surface area contributed by atoms with Crippen molar-refractivity contribution in [3.05, 3.63) is 35.9 Å². The summed E-state index contributed by atoms with van der Waals surface area (Å²) in [4.78, 5) is 63.3. The van der Waals surface area contributed by atoms with Crippen LogP contribution in [0.1, 0.15) is 59.4 Å². The van der Waals surface area contributed by atoms with Crippen molar-refractivity contribution < 1.29 is 28.7 Å². The van der Waals surface area contributed by atoms with Crippen LogP contribution in [0.15, 0.2) is 30.3 Å². The van der Waals surface area contributed by atoms with E-state index in [1.807, 2.05) is 44.2 Å². The number of rotatable bonds is 11. The first-order valence-corrected chi connectivity index (χ1v) is 12.3. The fourth-order valence-electron chi connectivity index (χ4n) is 3.83. The van der Waals surface area contributed by atoms with E-state index in [0.29, 0.717) is 13.0 Å². The van der Waals surface area contributed by atoms with E-state index in [-0.39, 0.29) is 31.3 Å². The predicted octanol–water partition coefficient (Wildman–Crippen LogP) is 1.82. The SMILES string of the molecule is CC(C)C[C@H](NC(=O)OCc1ccccc1)C(=O)N[C@@H](CC1CCNC1=O)C(=O)C(=O)NC(C)(C)C. The Labute approximate surface area is 212 Å². The quantitative estimate of drug-likeness (QED) is 0.340. The van der Waals surface area contributed by atoms with Gasteiger partial charge in [-0.15, -0.1) is 0 Å². The van der Waals surface area contributed by atoms with Crippen LogP contribution >= 0.6 is 0 Å². The average molecular weight is 503 g/mol. The van der Waals surface area contributed by atoms with E-state index in [1.54, 1.807) is 20.8 Å². The molecule has 3 atom stereocenters. The second-order valence-electron chi connectivity index (χ2n) is 10.5. The third kappa shape index (κ3) is 9.67. The molecule has 198 valence electrons. The molecule has 1 aromatic rings. The number of benzene rings is 1. The molecule has 1 aliphatic heterocycles. The first-order valence-electron chi connectivity index (χ1n) is 12.3. The number of hydrogen-bond acceptors (Lipinski definition) is 6. The molecule has 1 aliphatic rings. The summed E-state index contributed by atoms with van der Waals surface area (Å²) in [6, 6.07) is 6.90. The maximum absolute atomic E-state index is 13.2. The van der Waals surface area contributed by atoms with E-state index in [1.165, 1.54) is 0 Å². The van der Waals surface area contributed by atoms with Crippen molar-refractivity contribution in [3.8, 4) is 0 Å². The third-order valence-electron chi connectivity index (χ3n) is 5.56. The fraction of sp³-hybridized carbons (Fsp3) is 0.577. The van der Waals surface area contributed by atoms with Crippen molar-refractivity contribution in [1.29, 1.82) is 0 Å². The molecule has 0 radical (unpaired) electrons. The van der Waals surface area contributed by atoms with Crippen molar-refractivity contribution in [2.24, 2.45) is 11.8 Å². The summed E-state index contributed by atoms with van der Waals surface area (Å²) in [6.07, 6.45) is -0.00602. The van der Waals surface area contributed by atoms with Crippen molar-refractivity contribution in [3.63, 3.8) is 0 Å². The number of amides is 4. The molecule has 1 fully saturated rings. The second-order valence-corrected chi connectivity index (χ2v) is 10.5. The van der Waals surface area contributed by atoms with Crippen LogP contribution in [0.3, 0.4) is 0 Å². The van der Waals surface area contributed by atoms with Crippen molar-refractivity contribution in [2.45, 2.75) is 78.1 Å². The van der Waals surface area contributed by atoms with Crippen LogP contribution in [-0.4, -0.2) is 53.8 Å². The lowest BCUT2D eigenvalue weighted by atomic mass is 9.94. The smallest absolute Gasteiger partial charge is 0.408 e. The summed E-state index contributed by atoms with van der Waals surface area (Å²) in [7, 11) is 0. The summed E-state index contributed by atoms with van der Waals surface area (Å²) in [5.74, 6) is -3.00. The van der Waals surface area contributed by atoms with Gasteiger partial charge < -0.3 is 26.0 Å². The Morgan fingerprint density at radius 1 is 1.06 bits per heavy atom. The minimum absolute atomic E-state index is 0.0131. The Balaban J connectivity index is 2.12. The maximum Gasteiger partial charge on any atom is 0.408 e. The molecule has 10 heteroatoms. The Morgan fingerprint density at radius 3 is 2.28 bits per heavy atom. The number of ether oxygens (including phenoxy) is 1. The molecule has 2 rings (SSSR count). The number of hydrogen-bond donors (Lipinski definition) is 4. The second kappa shape index (κ2) is 13.0. The van der Waals surface area contributed by atoms with Crippen LogP contribution in [0.2, 0.25) is 0 Å². The Kier molecular flexibility index (Phi) is 10.4. The van der Waals surface area contributed by atoms with Gasteiger partial charge in [-0.1, -0.05) is 44.2 Å². The van der Waals surface area contributed by atoms with E-state index < -0.39 is 47.2 Å². The minimum Gasteiger partial charge on any atom is -0.445 e. The van der Waals surface area contributed by atoms with Gasteiger partial charge in [0.2, 0.25) is 17.6 Å². The highest BCUT2D eigenvalue weighted by Crippen LogP contribution is 2.18. The summed E-state index contributed by atoms with van der Waals surface area (Å²) >= 11 is 0. The van der Waals surface area contributed by atoms with Gasteiger partial charge in [0.05, 0.1) is 6.04 Å². The topological polar surface area (TPSA) is 143 Å². The normalized spacial score (nSPS) is 17.1. The Bertz CT molecular complexity index is 942. The zero-order chi connectivity index (χ0) is 26.9. The van der Waals surface area contributed by atoms with Crippen molar-refractivity contribution in [1.82, 2.24) is 21.3 Å². The largest absolute Gasteiger partial charge is 0.445 e. The lowest BCUT2D eigenvalue weighted by Crippen LogP contribution is -2.56. The zero-order valence-electron chi connectivity index (χ0n) is 21.7. The van der Waals surface area contributed by atoms with E-state index in [0.717, 1.165) is 5.56 Å². The molecule has 1 heterocycles. The molecule has 0 aliphatic carbocycles. The molecule has 0 bridgehead atoms. The third-order valence-corrected chi connectivity index (χ3v) is 5.56. The number of carbonyl (C=O) groups is 5. The molecule has 0 spiro atoms. The molecule has 1 unspecified atom stereocenters. The number of carbonyl (C=O) groups excluding carboxylic acids is 5. The van der Waals surface area contributed by atoms with Crippen LogP contribution in [0, 0.1) is 11.8 Å². The average Bonchev–Trinajstić information content (AvgIpc) is 3.19. The van der Waals surface area contributed by atoms with Crippen LogP contribution in [0.4, 0.5) is 4.79 Å². The summed E-state index contributed by atoms with van der Waals surface area (Å²) in [5, 5.41) is 10.5. The molecule has 1 saturated heterocycles. The molecule has 4 N–H and O–H groups in total. The monoisotopic (exact) mass is 502 g/mol. The number of Topliss-reactive ketones (excluding diaryl/α,β-unsaturated/α-hetero) is 1. The summed E-state index contributed by atoms with van der Waals surface area (Å²) in [6.45, 7) is 9.49. The van der Waals surface area contributed by atoms with Crippen LogP contribution < -0.4 is 21.3 Å². The first kappa shape index (κ1) is 28.8. The molecule has 10 nitrogen and oxygen atoms in total. The fourth-order valence-corrected chi connectivity index (χ4v) is 3.83. The number of alkyl carbamates (subject to hydrolysis) is 1. The highest BCUT2D eigenvalue weighted by Gasteiger charge is 2.36. The van der Waals surface area contributed by atoms with Gasteiger partial charge in [0.15, 0.2) is 0 Å². The van der Waals surface area contributed by atoms with Gasteiger partial charge in [0.1, 0.15) is 12.6 Å². The van der Waals surface area contributed by atoms with Gasteiger partial charge in [-0.2, -0.15) is 0 Å². The Hall–Kier alpha value is -3.43. The summed E-state index contributed by atoms with van der Waals surface area (Å²) < 4.78 is 5.24. The minimum atomic E-state index is -1.22. The zero-order valence-corrected chi connectivity index (χ0v) is 21.7. The Morgan fingerprint density at radius 2 is 1.72 bits per heavy atom. The van der Waals surface area contributed by atoms with Crippen LogP contribution in [0.5, 0.6) is 0 Å². The van der Waals surface area contributed by atoms with Crippen molar-refractivity contribution in [2.75, 3.05) is 6.54 Å². The highest BCUT2D eigenvalue weighted by atomic mass is 16.5. The van der Waals surface area contributed by atoms with Gasteiger partial charge >= 0.3 is 6.09 Å². The predicted molar refractivity (Wildman–Crippen MR) is 134 cm³/mol. The molecule has 0 saturated carbocycles. The van der Waals surface area contributed by atoms with Gasteiger partial charge in [-0.05, 0) is 51.5 Å². The molecule has 1 aromatic carbocycles. The summed E-state index contributed by atoms with van der Waals surface area (Å²) in [5.41, 5.74) is 0.138. The van der Waals surface area contributed by atoms with E-state index in [9.17, 15) is 24.0 Å². The van der Waals surface area contributed by atoms with Crippen LogP contribution in [0.25, 0.3) is 0 Å². The van der Waals surface area contributed by atoms with Crippen LogP contribution in [-0.2, 0) is 30.5 Å². The standard InChI is InChI=1S/C26H38N4O6/c1-16(2)13-20(29-25(35)36-15-17-9-7-6-8-10-17)23(33)28-19(14-18-11-12-27-22(18)32)21(31)24(34)30-26(3,4)5/h6-10,16,18-20H,11-15H2,1-5H3,(H,27,32)(H,28,33)(H,29,35)(H,30,34)/t18?,19-,20-/m0/s1. The molecule has 36 heavy (non-hydrogen) atoms. The van der Waals surface area contributed by atoms with E-state index in [2.05, 4.69) is 21.3 Å². The van der Waals surface area contributed by atoms with E-state index >= 15 is 0 Å². The van der Waals surface area contributed by atoms with Gasteiger partial charge in [0.25, 0.3) is 5.91 Å². The lowest BCUT2D eigenvalue weighted by Gasteiger charge is -2.26. The molecular formula is C26H38N4O6. The van der Waals surface area contributed by atoms with Gasteiger partial charge in [-0.3, -0.25) is 19.2 Å². The van der Waals surface area contributed by atoms with Crippen molar-refractivity contribution >= 4 is 29.6 Å². The molecule has 0 aromatic heterocycles. The lowest BCUT2D eigenvalue weighted by molar-refractivity contribution is -0.141. The number of ketones is 1. The molecule has 4 amide bonds. The maximum atomic E-state index is 13.2. The number of nitrogens with one attached hydrogen (secondary N) is 4. The van der Waals surface area contributed by atoms with E-state index in [4.69, 9.17) is 4.74 Å². The van der Waals surface area contributed by atoms with Gasteiger partial charge in [-0.25, -0.2) is 4.79 Å². The highest BCUT2D eigenvalue weighted by molar-refractivity contribution is 6.38. The van der Waals surface area contributed by atoms with Gasteiger partial charge in [0, 0.05) is 18.0 Å². The first-order chi connectivity index (χ1) is 16.9. The molecular weight excluding hydrogens is 464 g/mol.